The Morgan fingerprint density at radius 3 is 2.28 bits per heavy atom. The van der Waals surface area contributed by atoms with Crippen molar-refractivity contribution >= 4 is 11.8 Å². The van der Waals surface area contributed by atoms with Crippen molar-refractivity contribution in [2.45, 2.75) is 51.0 Å². The van der Waals surface area contributed by atoms with E-state index in [1.807, 2.05) is 11.8 Å². The van der Waals surface area contributed by atoms with Crippen molar-refractivity contribution < 1.29 is 0 Å². The second kappa shape index (κ2) is 8.57. The molecule has 18 heavy (non-hydrogen) atoms. The maximum atomic E-state index is 5.66. The van der Waals surface area contributed by atoms with Crippen LogP contribution in [0.2, 0.25) is 0 Å². The molecule has 3 heteroatoms. The van der Waals surface area contributed by atoms with E-state index < -0.39 is 0 Å². The second-order valence-electron chi connectivity index (χ2n) is 4.91. The van der Waals surface area contributed by atoms with Crippen molar-refractivity contribution in [3.8, 4) is 0 Å². The van der Waals surface area contributed by atoms with Gasteiger partial charge in [-0.05, 0) is 31.4 Å². The first kappa shape index (κ1) is 15.5. The van der Waals surface area contributed by atoms with Gasteiger partial charge in [0.05, 0.1) is 0 Å². The lowest BCUT2D eigenvalue weighted by atomic mass is 9.96. The molecular formula is C15H26N2S. The molecule has 0 aromatic heterocycles. The molecule has 0 saturated heterocycles. The molecule has 0 aliphatic carbocycles. The normalized spacial score (nSPS) is 12.9. The molecule has 0 bridgehead atoms. The number of aryl methyl sites for hydroxylation is 1. The molecule has 1 rings (SSSR count). The molecule has 0 amide bonds. The second-order valence-corrected chi connectivity index (χ2v) is 6.00. The highest BCUT2D eigenvalue weighted by atomic mass is 32.2. The number of hydrogen-bond acceptors (Lipinski definition) is 3. The lowest BCUT2D eigenvalue weighted by Crippen LogP contribution is -2.38. The molecule has 0 aliphatic rings. The Balaban J connectivity index is 2.41. The topological polar surface area (TPSA) is 38.0 Å². The summed E-state index contributed by atoms with van der Waals surface area (Å²) in [4.78, 5) is 1.32. The summed E-state index contributed by atoms with van der Waals surface area (Å²) in [6.07, 6.45) is 3.65. The third kappa shape index (κ3) is 5.42. The summed E-state index contributed by atoms with van der Waals surface area (Å²) in [6.45, 7) is 6.63. The van der Waals surface area contributed by atoms with E-state index in [1.54, 1.807) is 0 Å². The summed E-state index contributed by atoms with van der Waals surface area (Å²) in [6, 6.07) is 9.10. The summed E-state index contributed by atoms with van der Waals surface area (Å²) in [7, 11) is 0. The first-order valence-electron chi connectivity index (χ1n) is 6.85. The zero-order valence-corrected chi connectivity index (χ0v) is 12.6. The predicted octanol–water partition coefficient (Wildman–Crippen LogP) is 3.75. The van der Waals surface area contributed by atoms with E-state index in [0.717, 1.165) is 11.7 Å². The van der Waals surface area contributed by atoms with Crippen LogP contribution in [0.4, 0.5) is 0 Å². The molecule has 0 fully saturated rings. The van der Waals surface area contributed by atoms with Crippen molar-refractivity contribution in [1.29, 1.82) is 0 Å². The average molecular weight is 266 g/mol. The quantitative estimate of drug-likeness (QED) is 0.427. The summed E-state index contributed by atoms with van der Waals surface area (Å²) >= 11 is 1.88. The van der Waals surface area contributed by atoms with E-state index in [0.29, 0.717) is 6.04 Å². The average Bonchev–Trinajstić information content (AvgIpc) is 2.41. The maximum absolute atomic E-state index is 5.66. The molecule has 0 radical (unpaired) electrons. The first-order valence-corrected chi connectivity index (χ1v) is 7.83. The van der Waals surface area contributed by atoms with Crippen LogP contribution in [0.3, 0.4) is 0 Å². The van der Waals surface area contributed by atoms with Crippen molar-refractivity contribution in [2.75, 3.05) is 5.75 Å². The number of benzene rings is 1. The largest absolute Gasteiger partial charge is 0.271 e. The smallest absolute Gasteiger partial charge is 0.0307 e. The zero-order chi connectivity index (χ0) is 13.4. The minimum atomic E-state index is 0.404. The van der Waals surface area contributed by atoms with Gasteiger partial charge in [0.2, 0.25) is 0 Å². The number of thioether (sulfide) groups is 1. The summed E-state index contributed by atoms with van der Waals surface area (Å²) in [5.41, 5.74) is 4.27. The van der Waals surface area contributed by atoms with E-state index >= 15 is 0 Å². The van der Waals surface area contributed by atoms with E-state index in [2.05, 4.69) is 50.5 Å². The monoisotopic (exact) mass is 266 g/mol. The summed E-state index contributed by atoms with van der Waals surface area (Å²) in [5, 5.41) is 0. The minimum absolute atomic E-state index is 0.404. The first-order chi connectivity index (χ1) is 8.69. The fraction of sp³-hybridized carbons (Fsp3) is 0.600. The molecule has 1 unspecified atom stereocenters. The van der Waals surface area contributed by atoms with Gasteiger partial charge in [0.15, 0.2) is 0 Å². The van der Waals surface area contributed by atoms with Gasteiger partial charge in [0.1, 0.15) is 0 Å². The Bertz CT molecular complexity index is 320. The predicted molar refractivity (Wildman–Crippen MR) is 81.7 cm³/mol. The number of rotatable bonds is 8. The number of hydrazine groups is 1. The molecule has 0 heterocycles. The third-order valence-corrected chi connectivity index (χ3v) is 4.65. The molecule has 1 atom stereocenters. The van der Waals surface area contributed by atoms with Crippen LogP contribution < -0.4 is 11.3 Å². The van der Waals surface area contributed by atoms with Crippen LogP contribution in [0, 0.1) is 12.8 Å². The SMILES string of the molecule is CCC(CC)CC(CSc1ccc(C)cc1)NN. The van der Waals surface area contributed by atoms with Crippen LogP contribution in [0.15, 0.2) is 29.2 Å². The van der Waals surface area contributed by atoms with Crippen molar-refractivity contribution in [3.05, 3.63) is 29.8 Å². The Labute approximate surface area is 116 Å². The van der Waals surface area contributed by atoms with Gasteiger partial charge in [-0.3, -0.25) is 11.3 Å². The molecule has 0 spiro atoms. The van der Waals surface area contributed by atoms with Gasteiger partial charge in [-0.15, -0.1) is 11.8 Å². The van der Waals surface area contributed by atoms with Gasteiger partial charge in [0.25, 0.3) is 0 Å². The Morgan fingerprint density at radius 2 is 1.78 bits per heavy atom. The van der Waals surface area contributed by atoms with Crippen LogP contribution in [-0.4, -0.2) is 11.8 Å². The van der Waals surface area contributed by atoms with Gasteiger partial charge in [-0.2, -0.15) is 0 Å². The maximum Gasteiger partial charge on any atom is 0.0307 e. The summed E-state index contributed by atoms with van der Waals surface area (Å²) < 4.78 is 0. The van der Waals surface area contributed by atoms with Crippen molar-refractivity contribution in [1.82, 2.24) is 5.43 Å². The van der Waals surface area contributed by atoms with Crippen LogP contribution >= 0.6 is 11.8 Å². The summed E-state index contributed by atoms with van der Waals surface area (Å²) in [5.74, 6) is 7.48. The number of hydrogen-bond donors (Lipinski definition) is 2. The zero-order valence-electron chi connectivity index (χ0n) is 11.8. The molecular weight excluding hydrogens is 240 g/mol. The van der Waals surface area contributed by atoms with Crippen LogP contribution in [0.25, 0.3) is 0 Å². The Morgan fingerprint density at radius 1 is 1.17 bits per heavy atom. The van der Waals surface area contributed by atoms with E-state index in [-0.39, 0.29) is 0 Å². The number of nitrogens with two attached hydrogens (primary N) is 1. The van der Waals surface area contributed by atoms with Gasteiger partial charge >= 0.3 is 0 Å². The number of nitrogens with one attached hydrogen (secondary N) is 1. The third-order valence-electron chi connectivity index (χ3n) is 3.48. The molecule has 102 valence electrons. The standard InChI is InChI=1S/C15H26N2S/c1-4-13(5-2)10-14(17-16)11-18-15-8-6-12(3)7-9-15/h6-9,13-14,17H,4-5,10-11,16H2,1-3H3. The van der Waals surface area contributed by atoms with E-state index in [1.165, 1.54) is 29.7 Å². The highest BCUT2D eigenvalue weighted by Gasteiger charge is 2.13. The van der Waals surface area contributed by atoms with E-state index in [9.17, 15) is 0 Å². The van der Waals surface area contributed by atoms with Crippen LogP contribution in [0.5, 0.6) is 0 Å². The minimum Gasteiger partial charge on any atom is -0.271 e. The van der Waals surface area contributed by atoms with E-state index in [4.69, 9.17) is 5.84 Å². The molecule has 2 nitrogen and oxygen atoms in total. The fourth-order valence-corrected chi connectivity index (χ4v) is 2.99. The van der Waals surface area contributed by atoms with Gasteiger partial charge in [0, 0.05) is 16.7 Å². The highest BCUT2D eigenvalue weighted by Crippen LogP contribution is 2.22. The molecule has 3 N–H and O–H groups in total. The Kier molecular flexibility index (Phi) is 7.40. The van der Waals surface area contributed by atoms with Crippen LogP contribution in [0.1, 0.15) is 38.7 Å². The van der Waals surface area contributed by atoms with Crippen molar-refractivity contribution in [3.63, 3.8) is 0 Å². The lowest BCUT2D eigenvalue weighted by Gasteiger charge is -2.20. The molecule has 0 aliphatic heterocycles. The highest BCUT2D eigenvalue weighted by molar-refractivity contribution is 7.99. The van der Waals surface area contributed by atoms with Gasteiger partial charge < -0.3 is 0 Å². The fourth-order valence-electron chi connectivity index (χ4n) is 2.04. The van der Waals surface area contributed by atoms with Gasteiger partial charge in [-0.1, -0.05) is 44.4 Å². The molecule has 1 aromatic carbocycles. The van der Waals surface area contributed by atoms with Gasteiger partial charge in [-0.25, -0.2) is 0 Å². The molecule has 1 aromatic rings. The van der Waals surface area contributed by atoms with Crippen molar-refractivity contribution in [2.24, 2.45) is 11.8 Å². The Hall–Kier alpha value is -0.510. The van der Waals surface area contributed by atoms with Crippen LogP contribution in [-0.2, 0) is 0 Å². The molecule has 0 saturated carbocycles. The lowest BCUT2D eigenvalue weighted by molar-refractivity contribution is 0.387.